The van der Waals surface area contributed by atoms with Crippen molar-refractivity contribution in [3.8, 4) is 0 Å². The molecule has 1 fully saturated rings. The fourth-order valence-corrected chi connectivity index (χ4v) is 3.64. The predicted octanol–water partition coefficient (Wildman–Crippen LogP) is 3.81. The summed E-state index contributed by atoms with van der Waals surface area (Å²) in [6.45, 7) is 0.803. The van der Waals surface area contributed by atoms with E-state index in [1.807, 2.05) is 29.5 Å². The van der Waals surface area contributed by atoms with Crippen molar-refractivity contribution in [3.63, 3.8) is 0 Å². The third-order valence-corrected chi connectivity index (χ3v) is 5.00. The van der Waals surface area contributed by atoms with Crippen molar-refractivity contribution >= 4 is 0 Å². The number of imidazole rings is 1. The third kappa shape index (κ3) is 3.25. The quantitative estimate of drug-likeness (QED) is 0.718. The van der Waals surface area contributed by atoms with Crippen molar-refractivity contribution < 1.29 is 0 Å². The molecule has 0 aliphatic heterocycles. The van der Waals surface area contributed by atoms with Crippen LogP contribution in [0.1, 0.15) is 55.3 Å². The lowest BCUT2D eigenvalue weighted by atomic mass is 9.87. The minimum atomic E-state index is 0.130. The number of benzene rings is 1. The Hall–Kier alpha value is -2.43. The Bertz CT molecular complexity index is 741. The Kier molecular flexibility index (Phi) is 4.40. The average molecular weight is 321 g/mol. The zero-order chi connectivity index (χ0) is 16.2. The molecule has 1 atom stereocenters. The zero-order valence-corrected chi connectivity index (χ0v) is 13.8. The lowest BCUT2D eigenvalue weighted by molar-refractivity contribution is 0.436. The van der Waals surface area contributed by atoms with Gasteiger partial charge in [-0.05, 0) is 18.4 Å². The van der Waals surface area contributed by atoms with Gasteiger partial charge in [-0.15, -0.1) is 5.10 Å². The van der Waals surface area contributed by atoms with Gasteiger partial charge >= 0.3 is 0 Å². The van der Waals surface area contributed by atoms with Gasteiger partial charge in [-0.25, -0.2) is 9.67 Å². The molecule has 0 saturated heterocycles. The third-order valence-electron chi connectivity index (χ3n) is 5.00. The molecule has 0 radical (unpaired) electrons. The number of hydrogen-bond acceptors (Lipinski definition) is 3. The summed E-state index contributed by atoms with van der Waals surface area (Å²) in [7, 11) is 0. The van der Waals surface area contributed by atoms with Crippen LogP contribution in [0.15, 0.2) is 55.2 Å². The van der Waals surface area contributed by atoms with Crippen molar-refractivity contribution in [1.82, 2.24) is 24.5 Å². The first-order valence-electron chi connectivity index (χ1n) is 8.82. The summed E-state index contributed by atoms with van der Waals surface area (Å²) in [6.07, 6.45) is 14.3. The van der Waals surface area contributed by atoms with Crippen LogP contribution < -0.4 is 0 Å². The molecule has 0 spiro atoms. The van der Waals surface area contributed by atoms with Crippen LogP contribution in [0.3, 0.4) is 0 Å². The summed E-state index contributed by atoms with van der Waals surface area (Å²) >= 11 is 0. The lowest BCUT2D eigenvalue weighted by Crippen LogP contribution is -2.17. The van der Waals surface area contributed by atoms with Gasteiger partial charge in [0.2, 0.25) is 0 Å². The van der Waals surface area contributed by atoms with Crippen LogP contribution in [0.5, 0.6) is 0 Å². The Labute approximate surface area is 142 Å². The first-order chi connectivity index (χ1) is 11.9. The second kappa shape index (κ2) is 6.99. The molecule has 1 aromatic carbocycles. The number of hydrogen-bond donors (Lipinski definition) is 0. The maximum absolute atomic E-state index is 4.50. The van der Waals surface area contributed by atoms with Gasteiger partial charge in [0.25, 0.3) is 0 Å². The molecule has 2 heterocycles. The van der Waals surface area contributed by atoms with Gasteiger partial charge in [-0.2, -0.15) is 0 Å². The Balaban J connectivity index is 1.62. The summed E-state index contributed by atoms with van der Waals surface area (Å²) < 4.78 is 4.12. The fourth-order valence-electron chi connectivity index (χ4n) is 3.64. The monoisotopic (exact) mass is 321 g/mol. The maximum Gasteiger partial charge on any atom is 0.0965 e. The molecule has 0 amide bonds. The molecule has 124 valence electrons. The molecule has 1 aliphatic rings. The van der Waals surface area contributed by atoms with E-state index in [2.05, 4.69) is 50.3 Å². The minimum absolute atomic E-state index is 0.130. The van der Waals surface area contributed by atoms with Crippen molar-refractivity contribution in [3.05, 3.63) is 66.5 Å². The van der Waals surface area contributed by atoms with Gasteiger partial charge in [-0.3, -0.25) is 0 Å². The van der Waals surface area contributed by atoms with E-state index in [1.54, 1.807) is 0 Å². The lowest BCUT2D eigenvalue weighted by Gasteiger charge is -2.20. The van der Waals surface area contributed by atoms with Crippen LogP contribution in [-0.4, -0.2) is 24.5 Å². The maximum atomic E-state index is 4.50. The van der Waals surface area contributed by atoms with E-state index in [0.717, 1.165) is 12.2 Å². The highest BCUT2D eigenvalue weighted by molar-refractivity contribution is 5.20. The molecular weight excluding hydrogens is 298 g/mol. The first-order valence-corrected chi connectivity index (χ1v) is 8.82. The number of nitrogens with zero attached hydrogens (tertiary/aromatic N) is 5. The highest BCUT2D eigenvalue weighted by Crippen LogP contribution is 2.32. The van der Waals surface area contributed by atoms with Gasteiger partial charge in [0.15, 0.2) is 0 Å². The molecule has 1 aliphatic carbocycles. The standard InChI is InChI=1S/C19H23N5/c1-3-7-16(8-4-1)18-13-24(22-21-18)19(14-23-12-11-20-15-23)17-9-5-2-6-10-17/h2,5-6,9-13,15-16,19H,1,3-4,7-8,14H2/t19-/m0/s1. The van der Waals surface area contributed by atoms with Crippen molar-refractivity contribution in [2.24, 2.45) is 0 Å². The number of aromatic nitrogens is 5. The Morgan fingerprint density at radius 1 is 1.08 bits per heavy atom. The van der Waals surface area contributed by atoms with Crippen LogP contribution >= 0.6 is 0 Å². The van der Waals surface area contributed by atoms with Crippen LogP contribution in [0.2, 0.25) is 0 Å². The van der Waals surface area contributed by atoms with Gasteiger partial charge in [0.05, 0.1) is 24.6 Å². The van der Waals surface area contributed by atoms with E-state index in [9.17, 15) is 0 Å². The van der Waals surface area contributed by atoms with Gasteiger partial charge < -0.3 is 4.57 Å². The predicted molar refractivity (Wildman–Crippen MR) is 92.7 cm³/mol. The molecule has 24 heavy (non-hydrogen) atoms. The molecular formula is C19H23N5. The second-order valence-corrected chi connectivity index (χ2v) is 6.64. The summed E-state index contributed by atoms with van der Waals surface area (Å²) in [5.41, 5.74) is 2.40. The van der Waals surface area contributed by atoms with Crippen molar-refractivity contribution in [2.45, 2.75) is 50.6 Å². The van der Waals surface area contributed by atoms with Crippen LogP contribution in [0.4, 0.5) is 0 Å². The van der Waals surface area contributed by atoms with Crippen LogP contribution in [-0.2, 0) is 6.54 Å². The number of rotatable bonds is 5. The summed E-state index contributed by atoms with van der Waals surface area (Å²) in [5.74, 6) is 0.581. The highest BCUT2D eigenvalue weighted by atomic mass is 15.4. The van der Waals surface area contributed by atoms with Crippen LogP contribution in [0.25, 0.3) is 0 Å². The molecule has 1 saturated carbocycles. The summed E-state index contributed by atoms with van der Waals surface area (Å²) in [6, 6.07) is 10.6. The molecule has 3 aromatic rings. The van der Waals surface area contributed by atoms with E-state index in [-0.39, 0.29) is 6.04 Å². The summed E-state index contributed by atoms with van der Waals surface area (Å²) in [5, 5.41) is 8.99. The van der Waals surface area contributed by atoms with Crippen molar-refractivity contribution in [2.75, 3.05) is 0 Å². The highest BCUT2D eigenvalue weighted by Gasteiger charge is 2.21. The smallest absolute Gasteiger partial charge is 0.0965 e. The molecule has 5 heteroatoms. The van der Waals surface area contributed by atoms with Gasteiger partial charge in [-0.1, -0.05) is 54.8 Å². The molecule has 0 unspecified atom stereocenters. The molecule has 0 bridgehead atoms. The summed E-state index contributed by atoms with van der Waals surface area (Å²) in [4.78, 5) is 4.16. The van der Waals surface area contributed by atoms with E-state index in [4.69, 9.17) is 0 Å². The van der Waals surface area contributed by atoms with Crippen LogP contribution in [0, 0.1) is 0 Å². The Morgan fingerprint density at radius 3 is 2.67 bits per heavy atom. The second-order valence-electron chi connectivity index (χ2n) is 6.64. The largest absolute Gasteiger partial charge is 0.335 e. The normalized spacial score (nSPS) is 17.0. The molecule has 5 nitrogen and oxygen atoms in total. The Morgan fingerprint density at radius 2 is 1.92 bits per heavy atom. The van der Waals surface area contributed by atoms with E-state index in [0.29, 0.717) is 5.92 Å². The average Bonchev–Trinajstić information content (AvgIpc) is 3.33. The topological polar surface area (TPSA) is 48.5 Å². The molecule has 4 rings (SSSR count). The van der Waals surface area contributed by atoms with E-state index in [1.165, 1.54) is 37.7 Å². The fraction of sp³-hybridized carbons (Fsp3) is 0.421. The van der Waals surface area contributed by atoms with E-state index < -0.39 is 0 Å². The van der Waals surface area contributed by atoms with Crippen molar-refractivity contribution in [1.29, 1.82) is 0 Å². The first kappa shape index (κ1) is 15.1. The molecule has 2 aromatic heterocycles. The van der Waals surface area contributed by atoms with E-state index >= 15 is 0 Å². The van der Waals surface area contributed by atoms with Gasteiger partial charge in [0, 0.05) is 24.5 Å². The molecule has 0 N–H and O–H groups in total. The minimum Gasteiger partial charge on any atom is -0.335 e. The zero-order valence-electron chi connectivity index (χ0n) is 13.8. The van der Waals surface area contributed by atoms with Gasteiger partial charge in [0.1, 0.15) is 0 Å². The SMILES string of the molecule is c1ccc([C@H](Cn2ccnc2)n2cc(C3CCCCC3)nn2)cc1.